The molecule has 6 nitrogen and oxygen atoms in total. The Bertz CT molecular complexity index is 1240. The van der Waals surface area contributed by atoms with E-state index in [4.69, 9.17) is 14.8 Å². The van der Waals surface area contributed by atoms with Crippen LogP contribution in [0.25, 0.3) is 28.2 Å². The third-order valence-electron chi connectivity index (χ3n) is 6.04. The minimum Gasteiger partial charge on any atom is -0.497 e. The molecule has 0 unspecified atom stereocenters. The van der Waals surface area contributed by atoms with Gasteiger partial charge in [-0.25, -0.2) is 9.50 Å². The number of rotatable bonds is 5. The highest BCUT2D eigenvalue weighted by Crippen LogP contribution is 2.26. The molecule has 0 saturated heterocycles. The van der Waals surface area contributed by atoms with Crippen LogP contribution >= 0.6 is 0 Å². The Morgan fingerprint density at radius 3 is 2.50 bits per heavy atom. The number of nitrogens with one attached hydrogen (secondary N) is 1. The van der Waals surface area contributed by atoms with E-state index in [9.17, 15) is 4.79 Å². The third-order valence-corrected chi connectivity index (χ3v) is 6.04. The summed E-state index contributed by atoms with van der Waals surface area (Å²) < 4.78 is 7.04. The van der Waals surface area contributed by atoms with Crippen LogP contribution in [0.1, 0.15) is 42.6 Å². The molecule has 1 N–H and O–H groups in total. The van der Waals surface area contributed by atoms with Crippen LogP contribution in [0.2, 0.25) is 0 Å². The smallest absolute Gasteiger partial charge is 0.270 e. The van der Waals surface area contributed by atoms with Crippen molar-refractivity contribution in [3.05, 3.63) is 72.4 Å². The minimum absolute atomic E-state index is 0.115. The summed E-state index contributed by atoms with van der Waals surface area (Å²) in [5, 5.41) is 7.96. The molecular weight excluding hydrogens is 400 g/mol. The molecule has 0 bridgehead atoms. The molecule has 0 radical (unpaired) electrons. The monoisotopic (exact) mass is 426 g/mol. The van der Waals surface area contributed by atoms with Crippen LogP contribution in [0.15, 0.2) is 66.7 Å². The highest BCUT2D eigenvalue weighted by Gasteiger charge is 2.21. The molecule has 5 rings (SSSR count). The first-order valence-corrected chi connectivity index (χ1v) is 11.1. The fourth-order valence-corrected chi connectivity index (χ4v) is 4.32. The summed E-state index contributed by atoms with van der Waals surface area (Å²) in [5.41, 5.74) is 4.50. The molecule has 1 fully saturated rings. The van der Waals surface area contributed by atoms with Gasteiger partial charge in [0.05, 0.1) is 18.5 Å². The number of amides is 1. The zero-order chi connectivity index (χ0) is 21.9. The molecular formula is C26H26N4O2. The van der Waals surface area contributed by atoms with Gasteiger partial charge in [-0.3, -0.25) is 4.79 Å². The summed E-state index contributed by atoms with van der Waals surface area (Å²) in [6.07, 6.45) is 5.61. The molecule has 6 heteroatoms. The summed E-state index contributed by atoms with van der Waals surface area (Å²) in [4.78, 5) is 18.2. The molecule has 1 amide bonds. The number of hydrogen-bond donors (Lipinski definition) is 1. The molecule has 0 atom stereocenters. The van der Waals surface area contributed by atoms with Crippen molar-refractivity contribution < 1.29 is 9.53 Å². The molecule has 2 aromatic heterocycles. The molecule has 1 saturated carbocycles. The van der Waals surface area contributed by atoms with E-state index in [0.29, 0.717) is 17.0 Å². The van der Waals surface area contributed by atoms with Crippen molar-refractivity contribution in [1.29, 1.82) is 0 Å². The van der Waals surface area contributed by atoms with Crippen LogP contribution in [0.5, 0.6) is 5.75 Å². The minimum atomic E-state index is -0.115. The van der Waals surface area contributed by atoms with Gasteiger partial charge in [0.25, 0.3) is 5.91 Å². The standard InChI is InChI=1S/C26H26N4O2/c1-32-21-14-8-11-19(15-21)22-16-24(26(31)27-20-12-6-3-7-13-20)30-25(28-22)17-23(29-30)18-9-4-2-5-10-18/h2,4-5,8-11,14-17,20H,3,6-7,12-13H2,1H3,(H,27,31). The quantitative estimate of drug-likeness (QED) is 0.480. The average Bonchev–Trinajstić information content (AvgIpc) is 3.29. The number of carbonyl (C=O) groups excluding carboxylic acids is 1. The summed E-state index contributed by atoms with van der Waals surface area (Å²) in [5.74, 6) is 0.632. The molecule has 2 heterocycles. The van der Waals surface area contributed by atoms with Gasteiger partial charge < -0.3 is 10.1 Å². The Labute approximate surface area is 187 Å². The predicted octanol–water partition coefficient (Wildman–Crippen LogP) is 5.13. The molecule has 0 spiro atoms. The van der Waals surface area contributed by atoms with E-state index in [1.165, 1.54) is 6.42 Å². The zero-order valence-corrected chi connectivity index (χ0v) is 18.1. The molecule has 162 valence electrons. The lowest BCUT2D eigenvalue weighted by molar-refractivity contribution is 0.0920. The van der Waals surface area contributed by atoms with Crippen LogP contribution in [-0.2, 0) is 0 Å². The van der Waals surface area contributed by atoms with Crippen LogP contribution in [-0.4, -0.2) is 33.7 Å². The highest BCUT2D eigenvalue weighted by atomic mass is 16.5. The fraction of sp³-hybridized carbons (Fsp3) is 0.269. The maximum absolute atomic E-state index is 13.4. The van der Waals surface area contributed by atoms with Crippen molar-refractivity contribution in [2.45, 2.75) is 38.1 Å². The number of fused-ring (bicyclic) bond motifs is 1. The Morgan fingerprint density at radius 2 is 1.72 bits per heavy atom. The van der Waals surface area contributed by atoms with Gasteiger partial charge >= 0.3 is 0 Å². The fourth-order valence-electron chi connectivity index (χ4n) is 4.32. The lowest BCUT2D eigenvalue weighted by Crippen LogP contribution is -2.37. The maximum Gasteiger partial charge on any atom is 0.270 e. The van der Waals surface area contributed by atoms with Crippen molar-refractivity contribution in [3.8, 4) is 28.3 Å². The van der Waals surface area contributed by atoms with E-state index < -0.39 is 0 Å². The van der Waals surface area contributed by atoms with E-state index in [2.05, 4.69) is 5.32 Å². The van der Waals surface area contributed by atoms with Gasteiger partial charge in [0, 0.05) is 23.2 Å². The number of carbonyl (C=O) groups is 1. The lowest BCUT2D eigenvalue weighted by Gasteiger charge is -2.22. The van der Waals surface area contributed by atoms with Crippen LogP contribution < -0.4 is 10.1 Å². The number of benzene rings is 2. The van der Waals surface area contributed by atoms with Gasteiger partial charge in [0.2, 0.25) is 0 Å². The van der Waals surface area contributed by atoms with E-state index in [0.717, 1.165) is 48.3 Å². The molecule has 32 heavy (non-hydrogen) atoms. The zero-order valence-electron chi connectivity index (χ0n) is 18.1. The second-order valence-corrected chi connectivity index (χ2v) is 8.23. The summed E-state index contributed by atoms with van der Waals surface area (Å²) in [6.45, 7) is 0. The van der Waals surface area contributed by atoms with Crippen molar-refractivity contribution >= 4 is 11.6 Å². The van der Waals surface area contributed by atoms with Gasteiger partial charge in [-0.1, -0.05) is 61.7 Å². The third kappa shape index (κ3) is 4.08. The predicted molar refractivity (Wildman–Crippen MR) is 125 cm³/mol. The van der Waals surface area contributed by atoms with Crippen LogP contribution in [0, 0.1) is 0 Å². The second kappa shape index (κ2) is 8.83. The van der Waals surface area contributed by atoms with E-state index >= 15 is 0 Å². The van der Waals surface area contributed by atoms with Crippen molar-refractivity contribution in [2.24, 2.45) is 0 Å². The van der Waals surface area contributed by atoms with E-state index in [-0.39, 0.29) is 11.9 Å². The average molecular weight is 427 g/mol. The number of aromatic nitrogens is 3. The summed E-state index contributed by atoms with van der Waals surface area (Å²) >= 11 is 0. The van der Waals surface area contributed by atoms with E-state index in [1.807, 2.05) is 66.7 Å². The van der Waals surface area contributed by atoms with Crippen LogP contribution in [0.3, 0.4) is 0 Å². The van der Waals surface area contributed by atoms with Gasteiger partial charge in [-0.05, 0) is 31.0 Å². The Kier molecular flexibility index (Phi) is 5.58. The lowest BCUT2D eigenvalue weighted by atomic mass is 9.95. The van der Waals surface area contributed by atoms with E-state index in [1.54, 1.807) is 11.6 Å². The Hall–Kier alpha value is -3.67. The summed E-state index contributed by atoms with van der Waals surface area (Å²) in [7, 11) is 1.64. The number of nitrogens with zero attached hydrogens (tertiary/aromatic N) is 3. The first kappa shape index (κ1) is 20.2. The Morgan fingerprint density at radius 1 is 0.938 bits per heavy atom. The maximum atomic E-state index is 13.4. The Balaban J connectivity index is 1.61. The number of hydrogen-bond acceptors (Lipinski definition) is 4. The van der Waals surface area contributed by atoms with Gasteiger partial charge in [0.1, 0.15) is 11.4 Å². The topological polar surface area (TPSA) is 68.5 Å². The van der Waals surface area contributed by atoms with Gasteiger partial charge in [-0.15, -0.1) is 0 Å². The van der Waals surface area contributed by atoms with Gasteiger partial charge in [-0.2, -0.15) is 5.10 Å². The van der Waals surface area contributed by atoms with Gasteiger partial charge in [0.15, 0.2) is 5.65 Å². The normalized spacial score (nSPS) is 14.4. The van der Waals surface area contributed by atoms with Crippen LogP contribution in [0.4, 0.5) is 0 Å². The largest absolute Gasteiger partial charge is 0.497 e. The molecule has 1 aliphatic rings. The van der Waals surface area contributed by atoms with Crippen molar-refractivity contribution in [2.75, 3.05) is 7.11 Å². The van der Waals surface area contributed by atoms with Crippen molar-refractivity contribution in [1.82, 2.24) is 19.9 Å². The second-order valence-electron chi connectivity index (χ2n) is 8.23. The first-order chi connectivity index (χ1) is 15.7. The highest BCUT2D eigenvalue weighted by molar-refractivity contribution is 5.94. The molecule has 2 aromatic carbocycles. The summed E-state index contributed by atoms with van der Waals surface area (Å²) in [6, 6.07) is 21.6. The van der Waals surface area contributed by atoms with Crippen molar-refractivity contribution in [3.63, 3.8) is 0 Å². The number of ether oxygens (including phenoxy) is 1. The molecule has 4 aromatic rings. The molecule has 1 aliphatic carbocycles. The SMILES string of the molecule is COc1cccc(-c2cc(C(=O)NC3CCCCC3)n3nc(-c4ccccc4)cc3n2)c1. The first-order valence-electron chi connectivity index (χ1n) is 11.1. The number of methoxy groups -OCH3 is 1. The molecule has 0 aliphatic heterocycles.